The molecule has 0 aromatic heterocycles. The molecule has 21 heavy (non-hydrogen) atoms. The third kappa shape index (κ3) is 4.07. The molecule has 0 heterocycles. The van der Waals surface area contributed by atoms with E-state index < -0.39 is 10.0 Å². The summed E-state index contributed by atoms with van der Waals surface area (Å²) in [6.45, 7) is 0.326. The minimum absolute atomic E-state index is 0.274. The Morgan fingerprint density at radius 1 is 1.00 bits per heavy atom. The van der Waals surface area contributed by atoms with E-state index in [4.69, 9.17) is 11.6 Å². The maximum atomic E-state index is 12.5. The Bertz CT molecular complexity index is 699. The molecule has 0 saturated heterocycles. The van der Waals surface area contributed by atoms with Crippen molar-refractivity contribution in [3.8, 4) is 0 Å². The van der Waals surface area contributed by atoms with Crippen LogP contribution >= 0.6 is 27.5 Å². The molecule has 0 N–H and O–H groups in total. The first-order valence-corrected chi connectivity index (χ1v) is 9.06. The fourth-order valence-corrected chi connectivity index (χ4v) is 3.46. The van der Waals surface area contributed by atoms with E-state index in [0.717, 1.165) is 15.6 Å². The van der Waals surface area contributed by atoms with Crippen molar-refractivity contribution in [2.24, 2.45) is 0 Å². The van der Waals surface area contributed by atoms with Gasteiger partial charge in [-0.3, -0.25) is 0 Å². The van der Waals surface area contributed by atoms with Crippen molar-refractivity contribution in [2.75, 3.05) is 7.05 Å². The van der Waals surface area contributed by atoms with Crippen LogP contribution in [0.1, 0.15) is 11.1 Å². The summed E-state index contributed by atoms with van der Waals surface area (Å²) >= 11 is 9.07. The van der Waals surface area contributed by atoms with Crippen molar-refractivity contribution in [2.45, 2.75) is 17.3 Å². The maximum absolute atomic E-state index is 12.5. The quantitative estimate of drug-likeness (QED) is 0.726. The molecule has 0 aliphatic carbocycles. The van der Waals surface area contributed by atoms with E-state index in [1.165, 1.54) is 4.31 Å². The lowest BCUT2D eigenvalue weighted by Crippen LogP contribution is -2.26. The zero-order valence-electron chi connectivity index (χ0n) is 11.5. The van der Waals surface area contributed by atoms with Gasteiger partial charge >= 0.3 is 0 Å². The van der Waals surface area contributed by atoms with Gasteiger partial charge in [-0.05, 0) is 35.4 Å². The van der Waals surface area contributed by atoms with Gasteiger partial charge in [-0.1, -0.05) is 40.2 Å². The monoisotopic (exact) mass is 387 g/mol. The van der Waals surface area contributed by atoms with Gasteiger partial charge in [0, 0.05) is 23.9 Å². The van der Waals surface area contributed by atoms with Gasteiger partial charge in [0.25, 0.3) is 0 Å². The molecule has 2 aromatic carbocycles. The molecule has 112 valence electrons. The first kappa shape index (κ1) is 16.5. The standard InChI is InChI=1S/C15H15BrClNO2S/c1-18(11-13-2-6-14(16)7-3-13)21(19,20)15-8-4-12(10-17)5-9-15/h2-9H,10-11H2,1H3. The predicted molar refractivity (Wildman–Crippen MR) is 88.8 cm³/mol. The van der Waals surface area contributed by atoms with Crippen LogP contribution in [0.15, 0.2) is 57.9 Å². The summed E-state index contributed by atoms with van der Waals surface area (Å²) in [5.74, 6) is 0.370. The van der Waals surface area contributed by atoms with Crippen molar-refractivity contribution in [3.05, 3.63) is 64.1 Å². The van der Waals surface area contributed by atoms with Crippen LogP contribution in [0, 0.1) is 0 Å². The Morgan fingerprint density at radius 3 is 2.05 bits per heavy atom. The number of sulfonamides is 1. The van der Waals surface area contributed by atoms with Crippen LogP contribution in [0.5, 0.6) is 0 Å². The van der Waals surface area contributed by atoms with Gasteiger partial charge in [-0.2, -0.15) is 4.31 Å². The lowest BCUT2D eigenvalue weighted by molar-refractivity contribution is 0.466. The van der Waals surface area contributed by atoms with Crippen molar-refractivity contribution < 1.29 is 8.42 Å². The second-order valence-electron chi connectivity index (χ2n) is 4.67. The van der Waals surface area contributed by atoms with Crippen molar-refractivity contribution >= 4 is 37.6 Å². The summed E-state index contributed by atoms with van der Waals surface area (Å²) in [7, 11) is -1.92. The topological polar surface area (TPSA) is 37.4 Å². The molecule has 0 fully saturated rings. The van der Waals surface area contributed by atoms with Crippen molar-refractivity contribution in [3.63, 3.8) is 0 Å². The molecular weight excluding hydrogens is 374 g/mol. The fourth-order valence-electron chi connectivity index (χ4n) is 1.86. The summed E-state index contributed by atoms with van der Waals surface area (Å²) in [5.41, 5.74) is 1.83. The minimum Gasteiger partial charge on any atom is -0.207 e. The number of rotatable bonds is 5. The Hall–Kier alpha value is -0.880. The Labute approximate surface area is 138 Å². The first-order chi connectivity index (χ1) is 9.93. The third-order valence-corrected chi connectivity index (χ3v) is 5.76. The molecule has 0 unspecified atom stereocenters. The van der Waals surface area contributed by atoms with Crippen LogP contribution in [-0.4, -0.2) is 19.8 Å². The van der Waals surface area contributed by atoms with E-state index in [0.29, 0.717) is 12.4 Å². The molecule has 3 nitrogen and oxygen atoms in total. The predicted octanol–water partition coefficient (Wildman–Crippen LogP) is 4.01. The number of benzene rings is 2. The number of nitrogens with zero attached hydrogens (tertiary/aromatic N) is 1. The summed E-state index contributed by atoms with van der Waals surface area (Å²) in [4.78, 5) is 0.274. The van der Waals surface area contributed by atoms with Crippen LogP contribution < -0.4 is 0 Å². The van der Waals surface area contributed by atoms with Gasteiger partial charge < -0.3 is 0 Å². The van der Waals surface area contributed by atoms with Crippen molar-refractivity contribution in [1.29, 1.82) is 0 Å². The largest absolute Gasteiger partial charge is 0.243 e. The van der Waals surface area contributed by atoms with Gasteiger partial charge in [0.05, 0.1) is 4.90 Å². The van der Waals surface area contributed by atoms with E-state index in [2.05, 4.69) is 15.9 Å². The van der Waals surface area contributed by atoms with Crippen LogP contribution in [0.3, 0.4) is 0 Å². The van der Waals surface area contributed by atoms with Gasteiger partial charge in [-0.25, -0.2) is 8.42 Å². The smallest absolute Gasteiger partial charge is 0.207 e. The van der Waals surface area contributed by atoms with Gasteiger partial charge in [0.15, 0.2) is 0 Å². The average molecular weight is 389 g/mol. The molecule has 6 heteroatoms. The zero-order valence-corrected chi connectivity index (χ0v) is 14.6. The first-order valence-electron chi connectivity index (χ1n) is 6.29. The molecule has 2 rings (SSSR count). The van der Waals surface area contributed by atoms with Crippen LogP contribution in [0.25, 0.3) is 0 Å². The molecular formula is C15H15BrClNO2S. The molecule has 0 radical (unpaired) electrons. The highest BCUT2D eigenvalue weighted by atomic mass is 79.9. The molecule has 0 atom stereocenters. The molecule has 0 bridgehead atoms. The van der Waals surface area contributed by atoms with Crippen LogP contribution in [-0.2, 0) is 22.4 Å². The highest BCUT2D eigenvalue weighted by Gasteiger charge is 2.20. The SMILES string of the molecule is CN(Cc1ccc(Br)cc1)S(=O)(=O)c1ccc(CCl)cc1. The molecule has 0 aliphatic heterocycles. The van der Waals surface area contributed by atoms with E-state index >= 15 is 0 Å². The second-order valence-corrected chi connectivity index (χ2v) is 7.89. The van der Waals surface area contributed by atoms with E-state index in [9.17, 15) is 8.42 Å². The molecule has 0 saturated carbocycles. The van der Waals surface area contributed by atoms with Gasteiger partial charge in [0.2, 0.25) is 10.0 Å². The highest BCUT2D eigenvalue weighted by molar-refractivity contribution is 9.10. The van der Waals surface area contributed by atoms with Crippen molar-refractivity contribution in [1.82, 2.24) is 4.31 Å². The highest BCUT2D eigenvalue weighted by Crippen LogP contribution is 2.19. The number of hydrogen-bond acceptors (Lipinski definition) is 2. The fraction of sp³-hybridized carbons (Fsp3) is 0.200. The summed E-state index contributed by atoms with van der Waals surface area (Å²) in [6.07, 6.45) is 0. The Balaban J connectivity index is 2.19. The van der Waals surface area contributed by atoms with E-state index in [1.54, 1.807) is 31.3 Å². The number of halogens is 2. The Morgan fingerprint density at radius 2 is 1.52 bits per heavy atom. The molecule has 0 amide bonds. The van der Waals surface area contributed by atoms with Gasteiger partial charge in [-0.15, -0.1) is 11.6 Å². The van der Waals surface area contributed by atoms with E-state index in [-0.39, 0.29) is 4.90 Å². The van der Waals surface area contributed by atoms with Crippen LogP contribution in [0.4, 0.5) is 0 Å². The summed E-state index contributed by atoms with van der Waals surface area (Å²) in [6, 6.07) is 14.2. The zero-order chi connectivity index (χ0) is 15.5. The lowest BCUT2D eigenvalue weighted by atomic mass is 10.2. The minimum atomic E-state index is -3.49. The summed E-state index contributed by atoms with van der Waals surface area (Å²) < 4.78 is 27.3. The third-order valence-electron chi connectivity index (χ3n) is 3.10. The molecule has 0 aliphatic rings. The van der Waals surface area contributed by atoms with Gasteiger partial charge in [0.1, 0.15) is 0 Å². The molecule has 0 spiro atoms. The van der Waals surface area contributed by atoms with E-state index in [1.807, 2.05) is 24.3 Å². The normalized spacial score (nSPS) is 11.8. The number of hydrogen-bond donors (Lipinski definition) is 0. The second kappa shape index (κ2) is 6.92. The summed E-state index contributed by atoms with van der Waals surface area (Å²) in [5, 5.41) is 0. The lowest BCUT2D eigenvalue weighted by Gasteiger charge is -2.17. The average Bonchev–Trinajstić information content (AvgIpc) is 2.49. The Kier molecular flexibility index (Phi) is 5.43. The van der Waals surface area contributed by atoms with Crippen LogP contribution in [0.2, 0.25) is 0 Å². The molecule has 2 aromatic rings. The number of alkyl halides is 1. The maximum Gasteiger partial charge on any atom is 0.243 e.